The van der Waals surface area contributed by atoms with Gasteiger partial charge in [0.25, 0.3) is 0 Å². The molecule has 82 valence electrons. The third-order valence-electron chi connectivity index (χ3n) is 1.99. The van der Waals surface area contributed by atoms with Crippen molar-refractivity contribution < 1.29 is 9.53 Å². The fourth-order valence-electron chi connectivity index (χ4n) is 1.36. The molecule has 3 heteroatoms. The van der Waals surface area contributed by atoms with Gasteiger partial charge in [0.1, 0.15) is 17.6 Å². The zero-order valence-electron chi connectivity index (χ0n) is 9.21. The average molecular weight is 227 g/mol. The second-order valence-electron chi connectivity index (χ2n) is 3.77. The Labute approximate surface area is 95.2 Å². The molecule has 1 aromatic rings. The van der Waals surface area contributed by atoms with Gasteiger partial charge in [-0.15, -0.1) is 0 Å². The monoisotopic (exact) mass is 226 g/mol. The third-order valence-corrected chi connectivity index (χ3v) is 2.29. The molecule has 0 saturated heterocycles. The molecule has 0 N–H and O–H groups in total. The molecule has 0 aromatic heterocycles. The maximum Gasteiger partial charge on any atom is 0.138 e. The Balaban J connectivity index is 2.68. The van der Waals surface area contributed by atoms with E-state index in [1.54, 1.807) is 6.92 Å². The van der Waals surface area contributed by atoms with Gasteiger partial charge in [0.2, 0.25) is 0 Å². The number of aryl methyl sites for hydroxylation is 1. The van der Waals surface area contributed by atoms with E-state index in [0.717, 1.165) is 5.56 Å². The summed E-state index contributed by atoms with van der Waals surface area (Å²) in [5, 5.41) is 0.588. The first kappa shape index (κ1) is 12.1. The Kier molecular flexibility index (Phi) is 4.15. The van der Waals surface area contributed by atoms with E-state index in [2.05, 4.69) is 0 Å². The molecular formula is C12H15ClO2. The molecular weight excluding hydrogens is 212 g/mol. The second-order valence-corrected chi connectivity index (χ2v) is 4.18. The number of benzene rings is 1. The van der Waals surface area contributed by atoms with Gasteiger partial charge in [-0.05, 0) is 38.5 Å². The van der Waals surface area contributed by atoms with E-state index < -0.39 is 0 Å². The van der Waals surface area contributed by atoms with Crippen LogP contribution in [-0.2, 0) is 4.79 Å². The van der Waals surface area contributed by atoms with Crippen LogP contribution < -0.4 is 4.74 Å². The smallest absolute Gasteiger partial charge is 0.138 e. The zero-order chi connectivity index (χ0) is 11.4. The van der Waals surface area contributed by atoms with Crippen molar-refractivity contribution >= 4 is 17.4 Å². The van der Waals surface area contributed by atoms with Gasteiger partial charge < -0.3 is 4.74 Å². The van der Waals surface area contributed by atoms with Gasteiger partial charge in [-0.25, -0.2) is 0 Å². The predicted molar refractivity (Wildman–Crippen MR) is 61.6 cm³/mol. The van der Waals surface area contributed by atoms with E-state index in [4.69, 9.17) is 16.3 Å². The Bertz CT molecular complexity index is 361. The summed E-state index contributed by atoms with van der Waals surface area (Å²) in [6.07, 6.45) is 0.271. The molecule has 0 aliphatic carbocycles. The summed E-state index contributed by atoms with van der Waals surface area (Å²) >= 11 is 6.00. The highest BCUT2D eigenvalue weighted by atomic mass is 35.5. The molecule has 1 unspecified atom stereocenters. The van der Waals surface area contributed by atoms with Gasteiger partial charge in [0, 0.05) is 6.42 Å². The lowest BCUT2D eigenvalue weighted by Crippen LogP contribution is -2.15. The minimum atomic E-state index is -0.136. The molecule has 1 rings (SSSR count). The fraction of sp³-hybridized carbons (Fsp3) is 0.417. The zero-order valence-corrected chi connectivity index (χ0v) is 9.97. The predicted octanol–water partition coefficient (Wildman–Crippen LogP) is 3.39. The van der Waals surface area contributed by atoms with Crippen molar-refractivity contribution in [1.82, 2.24) is 0 Å². The number of hydrogen-bond donors (Lipinski definition) is 0. The lowest BCUT2D eigenvalue weighted by molar-refractivity contribution is -0.118. The van der Waals surface area contributed by atoms with Crippen molar-refractivity contribution in [1.29, 1.82) is 0 Å². The Hall–Kier alpha value is -1.02. The molecule has 1 aromatic carbocycles. The minimum Gasteiger partial charge on any atom is -0.489 e. The van der Waals surface area contributed by atoms with Gasteiger partial charge >= 0.3 is 0 Å². The van der Waals surface area contributed by atoms with Crippen LogP contribution in [0.3, 0.4) is 0 Å². The standard InChI is InChI=1S/C12H15ClO2/c1-8-4-5-12(11(13)6-8)15-10(3)7-9(2)14/h4-6,10H,7H2,1-3H3. The normalized spacial score (nSPS) is 12.3. The topological polar surface area (TPSA) is 26.3 Å². The van der Waals surface area contributed by atoms with Crippen molar-refractivity contribution in [2.24, 2.45) is 0 Å². The molecule has 2 nitrogen and oxygen atoms in total. The summed E-state index contributed by atoms with van der Waals surface area (Å²) in [6.45, 7) is 5.38. The number of carbonyl (C=O) groups is 1. The molecule has 1 atom stereocenters. The van der Waals surface area contributed by atoms with E-state index in [1.807, 2.05) is 32.0 Å². The Morgan fingerprint density at radius 2 is 2.20 bits per heavy atom. The van der Waals surface area contributed by atoms with Crippen LogP contribution in [0.25, 0.3) is 0 Å². The summed E-state index contributed by atoms with van der Waals surface area (Å²) in [4.78, 5) is 10.9. The number of hydrogen-bond acceptors (Lipinski definition) is 2. The molecule has 0 saturated carbocycles. The van der Waals surface area contributed by atoms with Crippen LogP contribution in [-0.4, -0.2) is 11.9 Å². The van der Waals surface area contributed by atoms with Gasteiger partial charge in [-0.2, -0.15) is 0 Å². The Morgan fingerprint density at radius 1 is 1.53 bits per heavy atom. The first-order chi connectivity index (χ1) is 6.99. The summed E-state index contributed by atoms with van der Waals surface area (Å²) in [5.74, 6) is 0.752. The molecule has 15 heavy (non-hydrogen) atoms. The quantitative estimate of drug-likeness (QED) is 0.787. The van der Waals surface area contributed by atoms with Crippen molar-refractivity contribution in [2.75, 3.05) is 0 Å². The van der Waals surface area contributed by atoms with E-state index in [0.29, 0.717) is 17.2 Å². The highest BCUT2D eigenvalue weighted by molar-refractivity contribution is 6.32. The van der Waals surface area contributed by atoms with Gasteiger partial charge in [-0.3, -0.25) is 4.79 Å². The van der Waals surface area contributed by atoms with E-state index in [-0.39, 0.29) is 11.9 Å². The molecule has 0 heterocycles. The van der Waals surface area contributed by atoms with Crippen LogP contribution in [0.4, 0.5) is 0 Å². The SMILES string of the molecule is CC(=O)CC(C)Oc1ccc(C)cc1Cl. The van der Waals surface area contributed by atoms with Crippen molar-refractivity contribution in [3.63, 3.8) is 0 Å². The highest BCUT2D eigenvalue weighted by Crippen LogP contribution is 2.26. The minimum absolute atomic E-state index is 0.116. The van der Waals surface area contributed by atoms with Crippen LogP contribution in [0, 0.1) is 6.92 Å². The van der Waals surface area contributed by atoms with Crippen LogP contribution in [0.2, 0.25) is 5.02 Å². The fourth-order valence-corrected chi connectivity index (χ4v) is 1.64. The Morgan fingerprint density at radius 3 is 2.73 bits per heavy atom. The van der Waals surface area contributed by atoms with Crippen molar-refractivity contribution in [3.05, 3.63) is 28.8 Å². The first-order valence-corrected chi connectivity index (χ1v) is 5.29. The van der Waals surface area contributed by atoms with E-state index >= 15 is 0 Å². The number of Topliss-reactive ketones (excluding diaryl/α,β-unsaturated/α-hetero) is 1. The molecule has 0 radical (unpaired) electrons. The lowest BCUT2D eigenvalue weighted by atomic mass is 10.2. The summed E-state index contributed by atoms with van der Waals surface area (Å²) in [6, 6.07) is 5.60. The lowest BCUT2D eigenvalue weighted by Gasteiger charge is -2.14. The largest absolute Gasteiger partial charge is 0.489 e. The average Bonchev–Trinajstić information content (AvgIpc) is 2.08. The number of halogens is 1. The van der Waals surface area contributed by atoms with Crippen molar-refractivity contribution in [2.45, 2.75) is 33.3 Å². The molecule has 0 bridgehead atoms. The van der Waals surface area contributed by atoms with E-state index in [9.17, 15) is 4.79 Å². The third kappa shape index (κ3) is 3.92. The molecule has 0 aliphatic heterocycles. The van der Waals surface area contributed by atoms with Crippen LogP contribution in [0.1, 0.15) is 25.8 Å². The number of ether oxygens (including phenoxy) is 1. The van der Waals surface area contributed by atoms with Crippen LogP contribution >= 0.6 is 11.6 Å². The second kappa shape index (κ2) is 5.17. The summed E-state index contributed by atoms with van der Waals surface area (Å²) in [5.41, 5.74) is 1.09. The van der Waals surface area contributed by atoms with Gasteiger partial charge in [0.05, 0.1) is 5.02 Å². The molecule has 0 aliphatic rings. The summed E-state index contributed by atoms with van der Waals surface area (Å²) < 4.78 is 5.56. The van der Waals surface area contributed by atoms with Crippen LogP contribution in [0.5, 0.6) is 5.75 Å². The number of ketones is 1. The molecule has 0 amide bonds. The van der Waals surface area contributed by atoms with Gasteiger partial charge in [-0.1, -0.05) is 17.7 Å². The maximum atomic E-state index is 10.9. The molecule has 0 fully saturated rings. The van der Waals surface area contributed by atoms with Gasteiger partial charge in [0.15, 0.2) is 0 Å². The summed E-state index contributed by atoms with van der Waals surface area (Å²) in [7, 11) is 0. The molecule has 0 spiro atoms. The highest BCUT2D eigenvalue weighted by Gasteiger charge is 2.09. The number of rotatable bonds is 4. The maximum absolute atomic E-state index is 10.9. The van der Waals surface area contributed by atoms with E-state index in [1.165, 1.54) is 0 Å². The van der Waals surface area contributed by atoms with Crippen molar-refractivity contribution in [3.8, 4) is 5.75 Å². The first-order valence-electron chi connectivity index (χ1n) is 4.91. The van der Waals surface area contributed by atoms with Crippen LogP contribution in [0.15, 0.2) is 18.2 Å². The number of carbonyl (C=O) groups excluding carboxylic acids is 1.